The van der Waals surface area contributed by atoms with Gasteiger partial charge in [-0.25, -0.2) is 4.79 Å². The molecule has 3 N–H and O–H groups in total. The van der Waals surface area contributed by atoms with Crippen molar-refractivity contribution in [3.05, 3.63) is 36.4 Å². The molecule has 0 aromatic heterocycles. The number of carboxylic acid groups (broad SMARTS) is 1. The van der Waals surface area contributed by atoms with E-state index in [9.17, 15) is 14.4 Å². The van der Waals surface area contributed by atoms with Gasteiger partial charge in [0, 0.05) is 29.9 Å². The first kappa shape index (κ1) is 17.4. The van der Waals surface area contributed by atoms with Gasteiger partial charge in [0.2, 0.25) is 11.8 Å². The van der Waals surface area contributed by atoms with Crippen LogP contribution in [0.5, 0.6) is 0 Å². The summed E-state index contributed by atoms with van der Waals surface area (Å²) in [5, 5.41) is 13.7. The van der Waals surface area contributed by atoms with E-state index in [4.69, 9.17) is 5.11 Å². The van der Waals surface area contributed by atoms with Crippen molar-refractivity contribution in [2.75, 3.05) is 10.6 Å². The van der Waals surface area contributed by atoms with Crippen LogP contribution in [0.1, 0.15) is 32.6 Å². The molecular formula is C16H20N2O4. The molecule has 1 aromatic rings. The van der Waals surface area contributed by atoms with Crippen molar-refractivity contribution < 1.29 is 19.5 Å². The normalized spacial score (nSPS) is 10.4. The average molecular weight is 304 g/mol. The van der Waals surface area contributed by atoms with Crippen LogP contribution < -0.4 is 10.6 Å². The van der Waals surface area contributed by atoms with Crippen molar-refractivity contribution in [1.82, 2.24) is 0 Å². The largest absolute Gasteiger partial charge is 0.478 e. The van der Waals surface area contributed by atoms with Crippen molar-refractivity contribution in [1.29, 1.82) is 0 Å². The SMILES string of the molecule is CCCCCC(=O)Nc1cccc(NC(=O)/C=C/C(=O)O)c1. The monoisotopic (exact) mass is 304 g/mol. The molecule has 1 rings (SSSR count). The van der Waals surface area contributed by atoms with Gasteiger partial charge in [0.25, 0.3) is 0 Å². The van der Waals surface area contributed by atoms with Crippen LogP contribution in [0.15, 0.2) is 36.4 Å². The van der Waals surface area contributed by atoms with Crippen molar-refractivity contribution in [2.45, 2.75) is 32.6 Å². The van der Waals surface area contributed by atoms with E-state index in [1.165, 1.54) is 0 Å². The van der Waals surface area contributed by atoms with Crippen LogP contribution in [0.25, 0.3) is 0 Å². The number of nitrogens with one attached hydrogen (secondary N) is 2. The molecule has 0 atom stereocenters. The maximum atomic E-state index is 11.7. The Morgan fingerprint density at radius 2 is 1.77 bits per heavy atom. The Labute approximate surface area is 129 Å². The van der Waals surface area contributed by atoms with Gasteiger partial charge in [-0.15, -0.1) is 0 Å². The highest BCUT2D eigenvalue weighted by molar-refractivity contribution is 6.02. The molecule has 0 fully saturated rings. The minimum Gasteiger partial charge on any atom is -0.478 e. The van der Waals surface area contributed by atoms with Crippen molar-refractivity contribution in [3.63, 3.8) is 0 Å². The highest BCUT2D eigenvalue weighted by Crippen LogP contribution is 2.15. The lowest BCUT2D eigenvalue weighted by atomic mass is 10.2. The Hall–Kier alpha value is -2.63. The lowest BCUT2D eigenvalue weighted by molar-refractivity contribution is -0.131. The molecule has 0 saturated carbocycles. The van der Waals surface area contributed by atoms with Gasteiger partial charge < -0.3 is 15.7 Å². The van der Waals surface area contributed by atoms with Crippen LogP contribution in [0.2, 0.25) is 0 Å². The molecule has 2 amide bonds. The molecule has 118 valence electrons. The summed E-state index contributed by atoms with van der Waals surface area (Å²) < 4.78 is 0. The number of benzene rings is 1. The van der Waals surface area contributed by atoms with Crippen molar-refractivity contribution >= 4 is 29.2 Å². The molecule has 0 aliphatic heterocycles. The average Bonchev–Trinajstić information content (AvgIpc) is 2.46. The lowest BCUT2D eigenvalue weighted by Gasteiger charge is -2.07. The Morgan fingerprint density at radius 1 is 1.09 bits per heavy atom. The molecule has 0 bridgehead atoms. The molecule has 0 aliphatic carbocycles. The molecule has 0 heterocycles. The summed E-state index contributed by atoms with van der Waals surface area (Å²) in [7, 11) is 0. The smallest absolute Gasteiger partial charge is 0.328 e. The molecule has 0 radical (unpaired) electrons. The number of amides is 2. The number of anilines is 2. The molecular weight excluding hydrogens is 284 g/mol. The van der Waals surface area contributed by atoms with Gasteiger partial charge in [-0.2, -0.15) is 0 Å². The fraction of sp³-hybridized carbons (Fsp3) is 0.312. The van der Waals surface area contributed by atoms with Gasteiger partial charge in [-0.1, -0.05) is 25.8 Å². The molecule has 0 saturated heterocycles. The van der Waals surface area contributed by atoms with E-state index in [0.29, 0.717) is 17.8 Å². The summed E-state index contributed by atoms with van der Waals surface area (Å²) in [6.07, 6.45) is 5.07. The van der Waals surface area contributed by atoms with Gasteiger partial charge in [0.15, 0.2) is 0 Å². The number of hydrogen-bond acceptors (Lipinski definition) is 3. The Kier molecular flexibility index (Phi) is 7.39. The third kappa shape index (κ3) is 7.23. The number of rotatable bonds is 8. The summed E-state index contributed by atoms with van der Waals surface area (Å²) in [5.74, 6) is -1.81. The maximum absolute atomic E-state index is 11.7. The quantitative estimate of drug-likeness (QED) is 0.508. The molecule has 0 unspecified atom stereocenters. The van der Waals surface area contributed by atoms with E-state index < -0.39 is 11.9 Å². The molecule has 6 nitrogen and oxygen atoms in total. The number of carboxylic acids is 1. The van der Waals surface area contributed by atoms with Crippen LogP contribution in [-0.4, -0.2) is 22.9 Å². The van der Waals surface area contributed by atoms with E-state index in [2.05, 4.69) is 17.6 Å². The Balaban J connectivity index is 2.56. The van der Waals surface area contributed by atoms with Crippen LogP contribution in [0, 0.1) is 0 Å². The predicted molar refractivity (Wildman–Crippen MR) is 84.6 cm³/mol. The van der Waals surface area contributed by atoms with E-state index >= 15 is 0 Å². The van der Waals surface area contributed by atoms with Gasteiger partial charge in [0.05, 0.1) is 0 Å². The topological polar surface area (TPSA) is 95.5 Å². The lowest BCUT2D eigenvalue weighted by Crippen LogP contribution is -2.12. The standard InChI is InChI=1S/C16H20N2O4/c1-2-3-4-8-14(19)17-12-6-5-7-13(11-12)18-15(20)9-10-16(21)22/h5-7,9-11H,2-4,8H2,1H3,(H,17,19)(H,18,20)(H,21,22)/b10-9+. The number of unbranched alkanes of at least 4 members (excludes halogenated alkanes) is 2. The highest BCUT2D eigenvalue weighted by Gasteiger charge is 2.04. The van der Waals surface area contributed by atoms with E-state index in [1.807, 2.05) is 0 Å². The Morgan fingerprint density at radius 3 is 2.41 bits per heavy atom. The summed E-state index contributed by atoms with van der Waals surface area (Å²) >= 11 is 0. The molecule has 1 aromatic carbocycles. The van der Waals surface area contributed by atoms with Crippen molar-refractivity contribution in [3.8, 4) is 0 Å². The second-order valence-electron chi connectivity index (χ2n) is 4.75. The first-order chi connectivity index (χ1) is 10.5. The maximum Gasteiger partial charge on any atom is 0.328 e. The molecule has 22 heavy (non-hydrogen) atoms. The third-order valence-corrected chi connectivity index (χ3v) is 2.80. The second-order valence-corrected chi connectivity index (χ2v) is 4.75. The predicted octanol–water partition coefficient (Wildman–Crippen LogP) is 2.78. The minimum absolute atomic E-state index is 0.0669. The van der Waals surface area contributed by atoms with Crippen molar-refractivity contribution in [2.24, 2.45) is 0 Å². The van der Waals surface area contributed by atoms with E-state index in [-0.39, 0.29) is 5.91 Å². The molecule has 0 spiro atoms. The number of carbonyl (C=O) groups excluding carboxylic acids is 2. The van der Waals surface area contributed by atoms with E-state index in [1.54, 1.807) is 24.3 Å². The fourth-order valence-electron chi connectivity index (χ4n) is 1.76. The Bertz CT molecular complexity index is 567. The summed E-state index contributed by atoms with van der Waals surface area (Å²) in [6.45, 7) is 2.07. The zero-order valence-electron chi connectivity index (χ0n) is 12.5. The third-order valence-electron chi connectivity index (χ3n) is 2.80. The van der Waals surface area contributed by atoms with Gasteiger partial charge in [-0.05, 0) is 24.6 Å². The van der Waals surface area contributed by atoms with Gasteiger partial charge >= 0.3 is 5.97 Å². The number of carbonyl (C=O) groups is 3. The second kappa shape index (κ2) is 9.33. The van der Waals surface area contributed by atoms with Gasteiger partial charge in [0.1, 0.15) is 0 Å². The fourth-order valence-corrected chi connectivity index (χ4v) is 1.76. The van der Waals surface area contributed by atoms with Crippen LogP contribution >= 0.6 is 0 Å². The summed E-state index contributed by atoms with van der Waals surface area (Å²) in [4.78, 5) is 33.5. The van der Waals surface area contributed by atoms with Crippen LogP contribution in [0.3, 0.4) is 0 Å². The number of hydrogen-bond donors (Lipinski definition) is 3. The van der Waals surface area contributed by atoms with Crippen LogP contribution in [0.4, 0.5) is 11.4 Å². The van der Waals surface area contributed by atoms with Crippen LogP contribution in [-0.2, 0) is 14.4 Å². The first-order valence-electron chi connectivity index (χ1n) is 7.13. The zero-order chi connectivity index (χ0) is 16.4. The molecule has 6 heteroatoms. The molecule has 0 aliphatic rings. The first-order valence-corrected chi connectivity index (χ1v) is 7.13. The summed E-state index contributed by atoms with van der Waals surface area (Å²) in [5.41, 5.74) is 1.06. The highest BCUT2D eigenvalue weighted by atomic mass is 16.4. The zero-order valence-corrected chi connectivity index (χ0v) is 12.5. The van der Waals surface area contributed by atoms with E-state index in [0.717, 1.165) is 31.4 Å². The summed E-state index contributed by atoms with van der Waals surface area (Å²) in [6, 6.07) is 6.68. The van der Waals surface area contributed by atoms with Gasteiger partial charge in [-0.3, -0.25) is 9.59 Å². The minimum atomic E-state index is -1.19. The number of aliphatic carboxylic acids is 1.